The maximum absolute atomic E-state index is 10.2. The van der Waals surface area contributed by atoms with E-state index in [0.717, 1.165) is 4.73 Å². The first-order chi connectivity index (χ1) is 7.33. The highest BCUT2D eigenvalue weighted by Crippen LogP contribution is 1.89. The lowest BCUT2D eigenvalue weighted by molar-refractivity contribution is -0.605. The van der Waals surface area contributed by atoms with Crippen LogP contribution in [0.2, 0.25) is 0 Å². The molecule has 0 unspecified atom stereocenters. The molecule has 0 fully saturated rings. The van der Waals surface area contributed by atoms with Gasteiger partial charge in [0.15, 0.2) is 12.4 Å². The van der Waals surface area contributed by atoms with Crippen LogP contribution in [0.25, 0.3) is 0 Å². The standard InChI is InChI=1S/C6H4N2.C5H5NO/c7-4-6-2-1-3-8-5-6;7-6-4-2-1-3-5-6/h1-3,5H;1-5H. The number of rotatable bonds is 0. The maximum atomic E-state index is 10.2. The topological polar surface area (TPSA) is 63.6 Å². The van der Waals surface area contributed by atoms with Gasteiger partial charge in [-0.3, -0.25) is 4.98 Å². The number of hydrogen-bond acceptors (Lipinski definition) is 3. The van der Waals surface area contributed by atoms with Crippen molar-refractivity contribution in [3.8, 4) is 6.07 Å². The second kappa shape index (κ2) is 6.11. The summed E-state index contributed by atoms with van der Waals surface area (Å²) in [5.74, 6) is 0. The van der Waals surface area contributed by atoms with Gasteiger partial charge in [-0.1, -0.05) is 6.07 Å². The van der Waals surface area contributed by atoms with Crippen LogP contribution < -0.4 is 4.73 Å². The normalized spacial score (nSPS) is 8.20. The lowest BCUT2D eigenvalue weighted by atomic mass is 10.3. The molecule has 0 bridgehead atoms. The van der Waals surface area contributed by atoms with Crippen LogP contribution in [-0.4, -0.2) is 4.98 Å². The third kappa shape index (κ3) is 4.39. The Labute approximate surface area is 87.6 Å². The molecule has 2 aromatic rings. The van der Waals surface area contributed by atoms with E-state index in [0.29, 0.717) is 5.56 Å². The summed E-state index contributed by atoms with van der Waals surface area (Å²) in [5, 5.41) is 18.4. The third-order valence-electron chi connectivity index (χ3n) is 1.48. The maximum Gasteiger partial charge on any atom is 0.180 e. The third-order valence-corrected chi connectivity index (χ3v) is 1.48. The summed E-state index contributed by atoms with van der Waals surface area (Å²) in [6, 6.07) is 10.6. The molecule has 74 valence electrons. The summed E-state index contributed by atoms with van der Waals surface area (Å²) in [5.41, 5.74) is 0.604. The smallest absolute Gasteiger partial charge is 0.180 e. The Morgan fingerprint density at radius 2 is 1.93 bits per heavy atom. The first-order valence-corrected chi connectivity index (χ1v) is 4.27. The first-order valence-electron chi connectivity index (χ1n) is 4.27. The van der Waals surface area contributed by atoms with Gasteiger partial charge in [0.1, 0.15) is 6.07 Å². The van der Waals surface area contributed by atoms with Gasteiger partial charge < -0.3 is 5.21 Å². The molecule has 0 radical (unpaired) electrons. The van der Waals surface area contributed by atoms with Crippen molar-refractivity contribution in [3.63, 3.8) is 0 Å². The molecule has 4 nitrogen and oxygen atoms in total. The van der Waals surface area contributed by atoms with E-state index in [1.165, 1.54) is 18.6 Å². The minimum atomic E-state index is 0.604. The Bertz CT molecular complexity index is 423. The van der Waals surface area contributed by atoms with Crippen molar-refractivity contribution in [2.45, 2.75) is 0 Å². The van der Waals surface area contributed by atoms with Gasteiger partial charge in [-0.05, 0) is 12.1 Å². The summed E-state index contributed by atoms with van der Waals surface area (Å²) in [7, 11) is 0. The summed E-state index contributed by atoms with van der Waals surface area (Å²) in [6.45, 7) is 0. The average Bonchev–Trinajstić information content (AvgIpc) is 2.32. The van der Waals surface area contributed by atoms with E-state index in [4.69, 9.17) is 5.26 Å². The fourth-order valence-electron chi connectivity index (χ4n) is 0.812. The zero-order valence-electron chi connectivity index (χ0n) is 7.95. The predicted molar refractivity (Wildman–Crippen MR) is 54.4 cm³/mol. The number of aromatic nitrogens is 2. The van der Waals surface area contributed by atoms with Crippen molar-refractivity contribution >= 4 is 0 Å². The predicted octanol–water partition coefficient (Wildman–Crippen LogP) is 1.27. The van der Waals surface area contributed by atoms with Crippen LogP contribution in [0.5, 0.6) is 0 Å². The minimum Gasteiger partial charge on any atom is -0.619 e. The Hall–Kier alpha value is -2.41. The van der Waals surface area contributed by atoms with E-state index >= 15 is 0 Å². The molecule has 0 saturated carbocycles. The number of nitriles is 1. The molecule has 0 N–H and O–H groups in total. The second-order valence-electron chi connectivity index (χ2n) is 2.59. The highest BCUT2D eigenvalue weighted by molar-refractivity contribution is 5.23. The lowest BCUT2D eigenvalue weighted by Gasteiger charge is -1.88. The van der Waals surface area contributed by atoms with Crippen LogP contribution in [0.15, 0.2) is 55.1 Å². The molecular weight excluding hydrogens is 190 g/mol. The van der Waals surface area contributed by atoms with E-state index in [-0.39, 0.29) is 0 Å². The molecule has 15 heavy (non-hydrogen) atoms. The van der Waals surface area contributed by atoms with E-state index in [1.807, 2.05) is 6.07 Å². The van der Waals surface area contributed by atoms with Crippen molar-refractivity contribution in [1.82, 2.24) is 4.98 Å². The van der Waals surface area contributed by atoms with Gasteiger partial charge in [0.25, 0.3) is 0 Å². The van der Waals surface area contributed by atoms with Crippen molar-refractivity contribution in [3.05, 3.63) is 65.9 Å². The molecule has 0 aliphatic heterocycles. The van der Waals surface area contributed by atoms with Gasteiger partial charge in [-0.25, -0.2) is 0 Å². The van der Waals surface area contributed by atoms with E-state index in [2.05, 4.69) is 4.98 Å². The number of hydrogen-bond donors (Lipinski definition) is 0. The minimum absolute atomic E-state index is 0.604. The Balaban J connectivity index is 0.000000151. The summed E-state index contributed by atoms with van der Waals surface area (Å²) in [6.07, 6.45) is 6.06. The Morgan fingerprint density at radius 1 is 1.20 bits per heavy atom. The largest absolute Gasteiger partial charge is 0.619 e. The molecule has 0 saturated heterocycles. The monoisotopic (exact) mass is 199 g/mol. The molecule has 0 spiro atoms. The number of pyridine rings is 2. The van der Waals surface area contributed by atoms with Gasteiger partial charge in [0.05, 0.1) is 5.56 Å². The Morgan fingerprint density at radius 3 is 2.27 bits per heavy atom. The van der Waals surface area contributed by atoms with Crippen LogP contribution in [0.1, 0.15) is 5.56 Å². The summed E-state index contributed by atoms with van der Waals surface area (Å²) < 4.78 is 0.750. The SMILES string of the molecule is N#Cc1cccnc1.[O-][n+]1ccccc1. The molecule has 0 aromatic carbocycles. The highest BCUT2D eigenvalue weighted by Gasteiger charge is 1.80. The summed E-state index contributed by atoms with van der Waals surface area (Å²) in [4.78, 5) is 3.73. The molecule has 0 atom stereocenters. The molecule has 0 aliphatic rings. The summed E-state index contributed by atoms with van der Waals surface area (Å²) >= 11 is 0. The zero-order valence-corrected chi connectivity index (χ0v) is 7.95. The van der Waals surface area contributed by atoms with Gasteiger partial charge in [0, 0.05) is 24.5 Å². The van der Waals surface area contributed by atoms with Crippen LogP contribution >= 0.6 is 0 Å². The van der Waals surface area contributed by atoms with Crippen LogP contribution in [0.3, 0.4) is 0 Å². The molecule has 0 amide bonds. The molecule has 0 aliphatic carbocycles. The van der Waals surface area contributed by atoms with Crippen molar-refractivity contribution in [2.75, 3.05) is 0 Å². The molecule has 2 aromatic heterocycles. The zero-order chi connectivity index (χ0) is 10.9. The van der Waals surface area contributed by atoms with E-state index in [9.17, 15) is 5.21 Å². The fraction of sp³-hybridized carbons (Fsp3) is 0. The van der Waals surface area contributed by atoms with E-state index < -0.39 is 0 Å². The van der Waals surface area contributed by atoms with Crippen molar-refractivity contribution in [2.24, 2.45) is 0 Å². The highest BCUT2D eigenvalue weighted by atomic mass is 16.5. The van der Waals surface area contributed by atoms with Crippen molar-refractivity contribution < 1.29 is 4.73 Å². The number of nitrogens with zero attached hydrogens (tertiary/aromatic N) is 3. The Kier molecular flexibility index (Phi) is 4.34. The van der Waals surface area contributed by atoms with Crippen LogP contribution in [0, 0.1) is 16.5 Å². The first kappa shape index (κ1) is 10.7. The van der Waals surface area contributed by atoms with Gasteiger partial charge >= 0.3 is 0 Å². The van der Waals surface area contributed by atoms with E-state index in [1.54, 1.807) is 36.5 Å². The molecular formula is C11H9N3O. The second-order valence-corrected chi connectivity index (χ2v) is 2.59. The van der Waals surface area contributed by atoms with Gasteiger partial charge in [-0.2, -0.15) is 9.99 Å². The lowest BCUT2D eigenvalue weighted by Crippen LogP contribution is -2.22. The van der Waals surface area contributed by atoms with Gasteiger partial charge in [0.2, 0.25) is 0 Å². The van der Waals surface area contributed by atoms with Gasteiger partial charge in [-0.15, -0.1) is 0 Å². The molecule has 4 heteroatoms. The van der Waals surface area contributed by atoms with Crippen LogP contribution in [-0.2, 0) is 0 Å². The van der Waals surface area contributed by atoms with Crippen LogP contribution in [0.4, 0.5) is 0 Å². The van der Waals surface area contributed by atoms with Crippen molar-refractivity contribution in [1.29, 1.82) is 5.26 Å². The average molecular weight is 199 g/mol. The quantitative estimate of drug-likeness (QED) is 0.474. The fourth-order valence-corrected chi connectivity index (χ4v) is 0.812. The molecule has 2 rings (SSSR count). The molecule has 2 heterocycles.